The highest BCUT2D eigenvalue weighted by Gasteiger charge is 2.09. The van der Waals surface area contributed by atoms with Crippen LogP contribution in [0.15, 0.2) is 30.3 Å². The molecule has 0 spiro atoms. The van der Waals surface area contributed by atoms with Gasteiger partial charge in [0.15, 0.2) is 0 Å². The zero-order valence-electron chi connectivity index (χ0n) is 8.04. The minimum absolute atomic E-state index is 0. The number of benzene rings is 1. The van der Waals surface area contributed by atoms with Gasteiger partial charge in [-0.25, -0.2) is 0 Å². The number of hydrogen-bond donors (Lipinski definition) is 0. The van der Waals surface area contributed by atoms with Crippen molar-refractivity contribution in [2.75, 3.05) is 0 Å². The predicted molar refractivity (Wildman–Crippen MR) is 57.4 cm³/mol. The fraction of sp³-hybridized carbons (Fsp3) is 0.333. The van der Waals surface area contributed by atoms with Crippen LogP contribution in [0.25, 0.3) is 6.08 Å². The number of hydrogen-bond acceptors (Lipinski definition) is 0. The van der Waals surface area contributed by atoms with Crippen molar-refractivity contribution in [1.29, 1.82) is 0 Å². The molecule has 1 aliphatic rings. The van der Waals surface area contributed by atoms with E-state index in [1.54, 1.807) is 0 Å². The summed E-state index contributed by atoms with van der Waals surface area (Å²) in [5.41, 5.74) is 2.84. The standard InChI is InChI=1S/C10H10.C2H6.H2/c1-8-6-7-9-4-2-3-5-10(8)9;1-2;/h2-8H,1H3;1-2H3;1H. The van der Waals surface area contributed by atoms with Crippen molar-refractivity contribution >= 4 is 6.08 Å². The molecule has 0 saturated carbocycles. The van der Waals surface area contributed by atoms with Crippen molar-refractivity contribution in [3.05, 3.63) is 41.5 Å². The zero-order chi connectivity index (χ0) is 8.97. The Morgan fingerprint density at radius 3 is 2.50 bits per heavy atom. The van der Waals surface area contributed by atoms with Crippen LogP contribution in [0.2, 0.25) is 0 Å². The summed E-state index contributed by atoms with van der Waals surface area (Å²) < 4.78 is 0. The van der Waals surface area contributed by atoms with Crippen LogP contribution >= 0.6 is 0 Å². The summed E-state index contributed by atoms with van der Waals surface area (Å²) in [5, 5.41) is 0. The second-order valence-electron chi connectivity index (χ2n) is 2.78. The summed E-state index contributed by atoms with van der Waals surface area (Å²) in [7, 11) is 0. The second-order valence-corrected chi connectivity index (χ2v) is 2.78. The average Bonchev–Trinajstić information content (AvgIpc) is 2.53. The summed E-state index contributed by atoms with van der Waals surface area (Å²) in [4.78, 5) is 0. The third-order valence-corrected chi connectivity index (χ3v) is 2.05. The van der Waals surface area contributed by atoms with Gasteiger partial charge in [0.05, 0.1) is 0 Å². The summed E-state index contributed by atoms with van der Waals surface area (Å²) in [6.07, 6.45) is 4.44. The predicted octanol–water partition coefficient (Wildman–Crippen LogP) is 4.09. The lowest BCUT2D eigenvalue weighted by Crippen LogP contribution is -1.84. The number of allylic oxidation sites excluding steroid dienone is 1. The van der Waals surface area contributed by atoms with Gasteiger partial charge in [-0.1, -0.05) is 57.2 Å². The van der Waals surface area contributed by atoms with Gasteiger partial charge in [0.25, 0.3) is 0 Å². The molecule has 0 aliphatic heterocycles. The van der Waals surface area contributed by atoms with Gasteiger partial charge in [0.1, 0.15) is 0 Å². The molecular formula is C12H18. The molecular weight excluding hydrogens is 144 g/mol. The number of fused-ring (bicyclic) bond motifs is 1. The van der Waals surface area contributed by atoms with Crippen molar-refractivity contribution in [2.24, 2.45) is 0 Å². The highest BCUT2D eigenvalue weighted by molar-refractivity contribution is 5.61. The van der Waals surface area contributed by atoms with Gasteiger partial charge in [-0.2, -0.15) is 0 Å². The van der Waals surface area contributed by atoms with E-state index >= 15 is 0 Å². The van der Waals surface area contributed by atoms with E-state index in [0.29, 0.717) is 5.92 Å². The Morgan fingerprint density at radius 2 is 1.83 bits per heavy atom. The SMILES string of the molecule is CC.CC1C=Cc2ccccc21.[HH]. The lowest BCUT2D eigenvalue weighted by molar-refractivity contribution is 0.990. The average molecular weight is 162 g/mol. The number of rotatable bonds is 0. The molecule has 0 heteroatoms. The van der Waals surface area contributed by atoms with E-state index in [1.807, 2.05) is 13.8 Å². The Hall–Kier alpha value is -1.04. The third-order valence-electron chi connectivity index (χ3n) is 2.05. The third kappa shape index (κ3) is 1.58. The van der Waals surface area contributed by atoms with E-state index in [1.165, 1.54) is 11.1 Å². The Bertz CT molecular complexity index is 276. The molecule has 1 aromatic carbocycles. The van der Waals surface area contributed by atoms with Gasteiger partial charge in [-0.3, -0.25) is 0 Å². The van der Waals surface area contributed by atoms with E-state index in [9.17, 15) is 0 Å². The smallest absolute Gasteiger partial charge is 0 e. The molecule has 1 atom stereocenters. The van der Waals surface area contributed by atoms with Crippen LogP contribution < -0.4 is 0 Å². The molecule has 12 heavy (non-hydrogen) atoms. The first-order valence-electron chi connectivity index (χ1n) is 4.65. The van der Waals surface area contributed by atoms with E-state index < -0.39 is 0 Å². The van der Waals surface area contributed by atoms with Crippen molar-refractivity contribution in [3.8, 4) is 0 Å². The maximum Gasteiger partial charge on any atom is 0 e. The lowest BCUT2D eigenvalue weighted by Gasteiger charge is -2.01. The van der Waals surface area contributed by atoms with Crippen molar-refractivity contribution in [1.82, 2.24) is 0 Å². The van der Waals surface area contributed by atoms with Crippen LogP contribution in [-0.2, 0) is 0 Å². The molecule has 0 aromatic heterocycles. The molecule has 0 bridgehead atoms. The fourth-order valence-electron chi connectivity index (χ4n) is 1.43. The van der Waals surface area contributed by atoms with Crippen molar-refractivity contribution in [2.45, 2.75) is 26.7 Å². The maximum atomic E-state index is 2.24. The topological polar surface area (TPSA) is 0 Å². The molecule has 0 saturated heterocycles. The first kappa shape index (κ1) is 9.05. The van der Waals surface area contributed by atoms with Crippen LogP contribution in [0.4, 0.5) is 0 Å². The first-order chi connectivity index (χ1) is 5.88. The van der Waals surface area contributed by atoms with Gasteiger partial charge >= 0.3 is 0 Å². The van der Waals surface area contributed by atoms with E-state index in [2.05, 4.69) is 43.3 Å². The normalized spacial score (nSPS) is 18.1. The Labute approximate surface area is 76.4 Å². The largest absolute Gasteiger partial charge is 0.0767 e. The molecule has 0 fully saturated rings. The molecule has 0 radical (unpaired) electrons. The molecule has 1 aromatic rings. The van der Waals surface area contributed by atoms with Gasteiger partial charge in [0.2, 0.25) is 0 Å². The molecule has 66 valence electrons. The van der Waals surface area contributed by atoms with Gasteiger partial charge < -0.3 is 0 Å². The molecule has 0 N–H and O–H groups in total. The maximum absolute atomic E-state index is 2.24. The Morgan fingerprint density at radius 1 is 1.17 bits per heavy atom. The van der Waals surface area contributed by atoms with E-state index in [0.717, 1.165) is 0 Å². The van der Waals surface area contributed by atoms with Gasteiger partial charge in [-0.05, 0) is 17.0 Å². The summed E-state index contributed by atoms with van der Waals surface area (Å²) in [6.45, 7) is 6.22. The van der Waals surface area contributed by atoms with E-state index in [-0.39, 0.29) is 1.43 Å². The zero-order valence-corrected chi connectivity index (χ0v) is 8.04. The van der Waals surface area contributed by atoms with E-state index in [4.69, 9.17) is 0 Å². The molecule has 1 aliphatic carbocycles. The molecule has 0 amide bonds. The summed E-state index contributed by atoms with van der Waals surface area (Å²) in [5.74, 6) is 0.621. The second kappa shape index (κ2) is 4.10. The minimum Gasteiger partial charge on any atom is -0.0767 e. The molecule has 1 unspecified atom stereocenters. The summed E-state index contributed by atoms with van der Waals surface area (Å²) >= 11 is 0. The van der Waals surface area contributed by atoms with Gasteiger partial charge in [0, 0.05) is 1.43 Å². The lowest BCUT2D eigenvalue weighted by atomic mass is 10.0. The van der Waals surface area contributed by atoms with Crippen LogP contribution in [0.1, 0.15) is 39.2 Å². The summed E-state index contributed by atoms with van der Waals surface area (Å²) in [6, 6.07) is 8.54. The van der Waals surface area contributed by atoms with Crippen LogP contribution in [-0.4, -0.2) is 0 Å². The van der Waals surface area contributed by atoms with Crippen LogP contribution in [0.3, 0.4) is 0 Å². The monoisotopic (exact) mass is 162 g/mol. The Kier molecular flexibility index (Phi) is 3.09. The van der Waals surface area contributed by atoms with Crippen LogP contribution in [0, 0.1) is 0 Å². The minimum atomic E-state index is 0. The highest BCUT2D eigenvalue weighted by atomic mass is 14.1. The van der Waals surface area contributed by atoms with Crippen molar-refractivity contribution < 1.29 is 1.43 Å². The molecule has 2 rings (SSSR count). The quantitative estimate of drug-likeness (QED) is 0.539. The molecule has 0 nitrogen and oxygen atoms in total. The van der Waals surface area contributed by atoms with Gasteiger partial charge in [-0.15, -0.1) is 0 Å². The highest BCUT2D eigenvalue weighted by Crippen LogP contribution is 2.28. The Balaban J connectivity index is 0.000000451. The first-order valence-corrected chi connectivity index (χ1v) is 4.65. The molecule has 0 heterocycles. The fourth-order valence-corrected chi connectivity index (χ4v) is 1.43. The van der Waals surface area contributed by atoms with Crippen LogP contribution in [0.5, 0.6) is 0 Å². The van der Waals surface area contributed by atoms with Crippen molar-refractivity contribution in [3.63, 3.8) is 0 Å².